The highest BCUT2D eigenvalue weighted by atomic mass is 16.5. The number of nitriles is 1. The number of nitrogens with one attached hydrogen (secondary N) is 1. The Morgan fingerprint density at radius 2 is 1.59 bits per heavy atom. The summed E-state index contributed by atoms with van der Waals surface area (Å²) in [6.07, 6.45) is 14.1. The maximum atomic E-state index is 11.4. The van der Waals surface area contributed by atoms with Gasteiger partial charge in [0, 0.05) is 6.42 Å². The van der Waals surface area contributed by atoms with Gasteiger partial charge in [0.05, 0.1) is 30.2 Å². The lowest BCUT2D eigenvalue weighted by Gasteiger charge is -2.27. The van der Waals surface area contributed by atoms with Crippen LogP contribution in [0.15, 0.2) is 30.3 Å². The van der Waals surface area contributed by atoms with E-state index in [0.717, 1.165) is 17.6 Å². The number of rotatable bonds is 8. The molecule has 0 saturated heterocycles. The number of hydrogen-bond donors (Lipinski definition) is 2. The quantitative estimate of drug-likeness (QED) is 0.640. The Kier molecular flexibility index (Phi) is 12.2. The van der Waals surface area contributed by atoms with E-state index in [-0.39, 0.29) is 19.4 Å². The van der Waals surface area contributed by atoms with E-state index in [0.29, 0.717) is 0 Å². The van der Waals surface area contributed by atoms with E-state index in [1.54, 1.807) is 30.3 Å². The maximum Gasteiger partial charge on any atom is 0.407 e. The van der Waals surface area contributed by atoms with Crippen molar-refractivity contribution in [3.8, 4) is 6.07 Å². The van der Waals surface area contributed by atoms with Crippen molar-refractivity contribution in [2.24, 2.45) is 0 Å². The molecule has 7 nitrogen and oxygen atoms in total. The van der Waals surface area contributed by atoms with Crippen molar-refractivity contribution < 1.29 is 24.7 Å². The lowest BCUT2D eigenvalue weighted by atomic mass is 9.91. The molecule has 3 N–H and O–H groups in total. The molecule has 1 atom stereocenters. The SMILES string of the molecule is C1CCC([NH2+]C2CCCCC2)CC1.N#CCC[C@H](NC(=O)OCc1ccccc1)C(=O)[O-]. The van der Waals surface area contributed by atoms with Crippen LogP contribution in [0.5, 0.6) is 0 Å². The number of hydrogen-bond acceptors (Lipinski definition) is 5. The average molecular weight is 444 g/mol. The van der Waals surface area contributed by atoms with Gasteiger partial charge in [0.15, 0.2) is 0 Å². The zero-order valence-electron chi connectivity index (χ0n) is 19.0. The second-order valence-electron chi connectivity index (χ2n) is 8.76. The molecular formula is C25H37N3O4. The van der Waals surface area contributed by atoms with Gasteiger partial charge in [0.25, 0.3) is 0 Å². The highest BCUT2D eigenvalue weighted by Crippen LogP contribution is 2.18. The second-order valence-corrected chi connectivity index (χ2v) is 8.76. The number of carboxylic acid groups (broad SMARTS) is 1. The number of ether oxygens (including phenoxy) is 1. The van der Waals surface area contributed by atoms with E-state index in [2.05, 4.69) is 10.6 Å². The van der Waals surface area contributed by atoms with E-state index in [1.807, 2.05) is 6.07 Å². The third-order valence-electron chi connectivity index (χ3n) is 6.18. The minimum atomic E-state index is -1.44. The first-order valence-electron chi connectivity index (χ1n) is 12.0. The standard InChI is InChI=1S/C13H14N2O4.C12H23N/c14-8-4-7-11(12(16)17)15-13(18)19-9-10-5-2-1-3-6-10;1-3-7-11(8-4-1)13-12-9-5-2-6-10-12/h1-3,5-6,11H,4,7,9H2,(H,15,18)(H,16,17);11-13H,1-10H2/t11-;/m0./s1. The Morgan fingerprint density at radius 3 is 2.09 bits per heavy atom. The molecule has 0 aliphatic heterocycles. The van der Waals surface area contributed by atoms with Gasteiger partial charge in [0.2, 0.25) is 0 Å². The van der Waals surface area contributed by atoms with Gasteiger partial charge in [-0.3, -0.25) is 0 Å². The summed E-state index contributed by atoms with van der Waals surface area (Å²) in [7, 11) is 0. The molecule has 1 aromatic carbocycles. The van der Waals surface area contributed by atoms with Gasteiger partial charge in [-0.1, -0.05) is 43.2 Å². The molecule has 0 radical (unpaired) electrons. The van der Waals surface area contributed by atoms with E-state index in [4.69, 9.17) is 10.00 Å². The molecule has 0 aromatic heterocycles. The van der Waals surface area contributed by atoms with Crippen LogP contribution >= 0.6 is 0 Å². The lowest BCUT2D eigenvalue weighted by Crippen LogP contribution is -2.95. The van der Waals surface area contributed by atoms with Gasteiger partial charge >= 0.3 is 6.09 Å². The fraction of sp³-hybridized carbons (Fsp3) is 0.640. The number of amides is 1. The Bertz CT molecular complexity index is 692. The number of nitrogens with two attached hydrogens (primary N) is 1. The summed E-state index contributed by atoms with van der Waals surface area (Å²) < 4.78 is 4.86. The third kappa shape index (κ3) is 10.6. The van der Waals surface area contributed by atoms with Crippen LogP contribution in [0.2, 0.25) is 0 Å². The second kappa shape index (κ2) is 15.3. The number of aliphatic carboxylic acids is 1. The highest BCUT2D eigenvalue weighted by molar-refractivity contribution is 5.78. The predicted octanol–water partition coefficient (Wildman–Crippen LogP) is 2.55. The van der Waals surface area contributed by atoms with Gasteiger partial charge in [-0.05, 0) is 63.4 Å². The molecule has 0 heterocycles. The number of alkyl carbamates (subject to hydrolysis) is 1. The van der Waals surface area contributed by atoms with Crippen molar-refractivity contribution in [2.75, 3.05) is 0 Å². The van der Waals surface area contributed by atoms with Gasteiger partial charge in [-0.25, -0.2) is 4.79 Å². The highest BCUT2D eigenvalue weighted by Gasteiger charge is 2.22. The molecule has 3 rings (SSSR count). The van der Waals surface area contributed by atoms with Gasteiger partial charge in [-0.15, -0.1) is 0 Å². The zero-order chi connectivity index (χ0) is 23.0. The number of nitrogens with zero attached hydrogens (tertiary/aromatic N) is 1. The Labute approximate surface area is 191 Å². The molecule has 2 aliphatic carbocycles. The number of quaternary nitrogens is 1. The predicted molar refractivity (Wildman–Crippen MR) is 119 cm³/mol. The summed E-state index contributed by atoms with van der Waals surface area (Å²) in [5, 5.41) is 24.0. The molecule has 0 spiro atoms. The number of carboxylic acids is 1. The summed E-state index contributed by atoms with van der Waals surface area (Å²) >= 11 is 0. The van der Waals surface area contributed by atoms with Crippen molar-refractivity contribution >= 4 is 12.1 Å². The van der Waals surface area contributed by atoms with Gasteiger partial charge < -0.3 is 25.3 Å². The molecule has 2 fully saturated rings. The van der Waals surface area contributed by atoms with Crippen molar-refractivity contribution in [2.45, 2.75) is 102 Å². The monoisotopic (exact) mass is 443 g/mol. The topological polar surface area (TPSA) is 119 Å². The smallest absolute Gasteiger partial charge is 0.407 e. The number of carbonyl (C=O) groups excluding carboxylic acids is 2. The molecule has 2 saturated carbocycles. The summed E-state index contributed by atoms with van der Waals surface area (Å²) in [5.74, 6) is -1.44. The first-order valence-corrected chi connectivity index (χ1v) is 12.0. The maximum absolute atomic E-state index is 11.4. The van der Waals surface area contributed by atoms with Crippen LogP contribution in [0.25, 0.3) is 0 Å². The first-order chi connectivity index (χ1) is 15.6. The van der Waals surface area contributed by atoms with Crippen molar-refractivity contribution in [1.29, 1.82) is 5.26 Å². The molecule has 176 valence electrons. The van der Waals surface area contributed by atoms with E-state index < -0.39 is 18.1 Å². The minimum Gasteiger partial charge on any atom is -0.548 e. The molecule has 2 aliphatic rings. The van der Waals surface area contributed by atoms with Crippen molar-refractivity contribution in [3.05, 3.63) is 35.9 Å². The summed E-state index contributed by atoms with van der Waals surface area (Å²) in [6, 6.07) is 11.6. The summed E-state index contributed by atoms with van der Waals surface area (Å²) in [5.41, 5.74) is 0.791. The molecule has 1 aromatic rings. The average Bonchev–Trinajstić information content (AvgIpc) is 2.82. The van der Waals surface area contributed by atoms with Crippen LogP contribution < -0.4 is 15.7 Å². The van der Waals surface area contributed by atoms with Crippen LogP contribution in [0.3, 0.4) is 0 Å². The van der Waals surface area contributed by atoms with Crippen LogP contribution in [0.1, 0.15) is 82.6 Å². The molecule has 0 unspecified atom stereocenters. The fourth-order valence-corrected chi connectivity index (χ4v) is 4.40. The van der Waals surface area contributed by atoms with E-state index in [9.17, 15) is 14.7 Å². The number of carbonyl (C=O) groups is 2. The van der Waals surface area contributed by atoms with Crippen LogP contribution in [0.4, 0.5) is 4.79 Å². The van der Waals surface area contributed by atoms with E-state index >= 15 is 0 Å². The zero-order valence-corrected chi connectivity index (χ0v) is 19.0. The van der Waals surface area contributed by atoms with Crippen molar-refractivity contribution in [3.63, 3.8) is 0 Å². The van der Waals surface area contributed by atoms with Crippen molar-refractivity contribution in [1.82, 2.24) is 5.32 Å². The molecule has 1 amide bonds. The molecular weight excluding hydrogens is 406 g/mol. The van der Waals surface area contributed by atoms with E-state index in [1.165, 1.54) is 64.2 Å². The normalized spacial score (nSPS) is 17.8. The Balaban J connectivity index is 0.000000242. The first kappa shape index (κ1) is 25.7. The molecule has 7 heteroatoms. The summed E-state index contributed by atoms with van der Waals surface area (Å²) in [6.45, 7) is 0.0463. The molecule has 0 bridgehead atoms. The van der Waals surface area contributed by atoms with Crippen LogP contribution in [-0.2, 0) is 16.1 Å². The number of benzene rings is 1. The summed E-state index contributed by atoms with van der Waals surface area (Å²) in [4.78, 5) is 22.1. The minimum absolute atomic E-state index is 0.0115. The van der Waals surface area contributed by atoms with Crippen LogP contribution in [-0.4, -0.2) is 30.2 Å². The Morgan fingerprint density at radius 1 is 1.03 bits per heavy atom. The van der Waals surface area contributed by atoms with Gasteiger partial charge in [-0.2, -0.15) is 5.26 Å². The largest absolute Gasteiger partial charge is 0.548 e. The third-order valence-corrected chi connectivity index (χ3v) is 6.18. The lowest BCUT2D eigenvalue weighted by molar-refractivity contribution is -0.725. The van der Waals surface area contributed by atoms with Crippen LogP contribution in [0, 0.1) is 11.3 Å². The Hall–Kier alpha value is -2.59. The molecule has 32 heavy (non-hydrogen) atoms. The fourth-order valence-electron chi connectivity index (χ4n) is 4.40. The van der Waals surface area contributed by atoms with Gasteiger partial charge in [0.1, 0.15) is 6.61 Å².